The van der Waals surface area contributed by atoms with Crippen molar-refractivity contribution in [2.24, 2.45) is 0 Å². The van der Waals surface area contributed by atoms with Crippen LogP contribution in [0, 0.1) is 0 Å². The molecule has 0 aliphatic carbocycles. The van der Waals surface area contributed by atoms with Crippen LogP contribution in [0.2, 0.25) is 0 Å². The minimum absolute atomic E-state index is 0.0474. The van der Waals surface area contributed by atoms with Crippen molar-refractivity contribution in [1.29, 1.82) is 0 Å². The number of hydrogen-bond acceptors (Lipinski definition) is 2. The van der Waals surface area contributed by atoms with Crippen LogP contribution in [0.1, 0.15) is 41.6 Å². The van der Waals surface area contributed by atoms with Crippen LogP contribution in [-0.4, -0.2) is 16.9 Å². The summed E-state index contributed by atoms with van der Waals surface area (Å²) in [6, 6.07) is 7.26. The van der Waals surface area contributed by atoms with Crippen molar-refractivity contribution >= 4 is 11.8 Å². The molecule has 17 heavy (non-hydrogen) atoms. The van der Waals surface area contributed by atoms with Crippen molar-refractivity contribution in [3.05, 3.63) is 48.0 Å². The molecule has 0 radical (unpaired) electrons. The van der Waals surface area contributed by atoms with E-state index >= 15 is 0 Å². The van der Waals surface area contributed by atoms with E-state index in [1.54, 1.807) is 12.1 Å². The Morgan fingerprint density at radius 3 is 2.65 bits per heavy atom. The van der Waals surface area contributed by atoms with Gasteiger partial charge in [0.2, 0.25) is 0 Å². The minimum atomic E-state index is -0.815. The molecule has 0 spiro atoms. The Kier molecular flexibility index (Phi) is 4.64. The summed E-state index contributed by atoms with van der Waals surface area (Å²) in [5.74, 6) is -0.890. The SMILES string of the molecule is C=CC(=O)c1ccccc1C(C)CCC(=O)O. The Labute approximate surface area is 101 Å². The first-order valence-corrected chi connectivity index (χ1v) is 5.53. The van der Waals surface area contributed by atoms with Gasteiger partial charge in [-0.05, 0) is 24.0 Å². The third-order valence-corrected chi connectivity index (χ3v) is 2.73. The van der Waals surface area contributed by atoms with Gasteiger partial charge in [-0.25, -0.2) is 0 Å². The van der Waals surface area contributed by atoms with Crippen molar-refractivity contribution in [3.8, 4) is 0 Å². The maximum atomic E-state index is 11.6. The average Bonchev–Trinajstić information content (AvgIpc) is 2.34. The Morgan fingerprint density at radius 2 is 2.06 bits per heavy atom. The highest BCUT2D eigenvalue weighted by Crippen LogP contribution is 2.24. The normalized spacial score (nSPS) is 11.8. The van der Waals surface area contributed by atoms with Gasteiger partial charge >= 0.3 is 5.97 Å². The molecule has 0 aliphatic rings. The van der Waals surface area contributed by atoms with E-state index < -0.39 is 5.97 Å². The van der Waals surface area contributed by atoms with Crippen molar-refractivity contribution in [2.45, 2.75) is 25.7 Å². The number of aliphatic carboxylic acids is 1. The predicted octanol–water partition coefficient (Wildman–Crippen LogP) is 3.02. The number of carboxylic acids is 1. The molecule has 1 unspecified atom stereocenters. The van der Waals surface area contributed by atoms with Gasteiger partial charge in [-0.15, -0.1) is 0 Å². The van der Waals surface area contributed by atoms with Gasteiger partial charge in [-0.2, -0.15) is 0 Å². The van der Waals surface area contributed by atoms with Gasteiger partial charge < -0.3 is 5.11 Å². The standard InChI is InChI=1S/C14H16O3/c1-3-13(15)12-7-5-4-6-11(12)10(2)8-9-14(16)17/h3-7,10H,1,8-9H2,2H3,(H,16,17). The molecule has 0 aromatic heterocycles. The number of carbonyl (C=O) groups is 2. The second kappa shape index (κ2) is 5.99. The lowest BCUT2D eigenvalue weighted by Gasteiger charge is -2.14. The first kappa shape index (κ1) is 13.2. The van der Waals surface area contributed by atoms with Crippen molar-refractivity contribution in [2.75, 3.05) is 0 Å². The summed E-state index contributed by atoms with van der Waals surface area (Å²) >= 11 is 0. The van der Waals surface area contributed by atoms with Crippen LogP contribution >= 0.6 is 0 Å². The van der Waals surface area contributed by atoms with Crippen LogP contribution < -0.4 is 0 Å². The molecule has 0 saturated heterocycles. The largest absolute Gasteiger partial charge is 0.481 e. The number of carbonyl (C=O) groups excluding carboxylic acids is 1. The van der Waals surface area contributed by atoms with Crippen molar-refractivity contribution in [1.82, 2.24) is 0 Å². The second-order valence-corrected chi connectivity index (χ2v) is 3.99. The first-order valence-electron chi connectivity index (χ1n) is 5.53. The zero-order valence-corrected chi connectivity index (χ0v) is 9.85. The lowest BCUT2D eigenvalue weighted by molar-refractivity contribution is -0.137. The predicted molar refractivity (Wildman–Crippen MR) is 66.3 cm³/mol. The highest BCUT2D eigenvalue weighted by molar-refractivity contribution is 6.05. The average molecular weight is 232 g/mol. The third kappa shape index (κ3) is 3.55. The van der Waals surface area contributed by atoms with Gasteiger partial charge in [-0.3, -0.25) is 9.59 Å². The summed E-state index contributed by atoms with van der Waals surface area (Å²) < 4.78 is 0. The Morgan fingerprint density at radius 1 is 1.41 bits per heavy atom. The van der Waals surface area contributed by atoms with E-state index in [1.165, 1.54) is 6.08 Å². The lowest BCUT2D eigenvalue weighted by Crippen LogP contribution is -2.06. The first-order chi connectivity index (χ1) is 8.06. The molecule has 0 amide bonds. The third-order valence-electron chi connectivity index (χ3n) is 2.73. The van der Waals surface area contributed by atoms with Gasteiger partial charge in [0.25, 0.3) is 0 Å². The van der Waals surface area contributed by atoms with E-state index in [0.29, 0.717) is 12.0 Å². The molecule has 0 heterocycles. The topological polar surface area (TPSA) is 54.4 Å². The fourth-order valence-corrected chi connectivity index (χ4v) is 1.76. The van der Waals surface area contributed by atoms with E-state index in [0.717, 1.165) is 5.56 Å². The molecule has 90 valence electrons. The smallest absolute Gasteiger partial charge is 0.303 e. The summed E-state index contributed by atoms with van der Waals surface area (Å²) in [5.41, 5.74) is 1.50. The van der Waals surface area contributed by atoms with Crippen LogP contribution in [0.25, 0.3) is 0 Å². The monoisotopic (exact) mass is 232 g/mol. The highest BCUT2D eigenvalue weighted by Gasteiger charge is 2.14. The van der Waals surface area contributed by atoms with Gasteiger partial charge in [0, 0.05) is 12.0 Å². The van der Waals surface area contributed by atoms with Gasteiger partial charge in [0.15, 0.2) is 5.78 Å². The van der Waals surface area contributed by atoms with Gasteiger partial charge in [0.05, 0.1) is 0 Å². The van der Waals surface area contributed by atoms with Crippen molar-refractivity contribution < 1.29 is 14.7 Å². The number of benzene rings is 1. The molecule has 3 nitrogen and oxygen atoms in total. The van der Waals surface area contributed by atoms with Gasteiger partial charge in [0.1, 0.15) is 0 Å². The summed E-state index contributed by atoms with van der Waals surface area (Å²) in [5, 5.41) is 8.65. The molecule has 1 aromatic carbocycles. The summed E-state index contributed by atoms with van der Waals surface area (Å²) in [6.07, 6.45) is 1.91. The molecular formula is C14H16O3. The zero-order chi connectivity index (χ0) is 12.8. The molecule has 0 saturated carbocycles. The molecule has 0 aliphatic heterocycles. The molecule has 0 bridgehead atoms. The van der Waals surface area contributed by atoms with E-state index in [2.05, 4.69) is 6.58 Å². The number of rotatable bonds is 6. The fourth-order valence-electron chi connectivity index (χ4n) is 1.76. The summed E-state index contributed by atoms with van der Waals surface area (Å²) in [4.78, 5) is 22.2. The van der Waals surface area contributed by atoms with Crippen LogP contribution in [0.3, 0.4) is 0 Å². The second-order valence-electron chi connectivity index (χ2n) is 3.99. The van der Waals surface area contributed by atoms with Gasteiger partial charge in [-0.1, -0.05) is 37.8 Å². The van der Waals surface area contributed by atoms with E-state index in [1.807, 2.05) is 19.1 Å². The molecule has 1 rings (SSSR count). The Bertz CT molecular complexity index is 435. The number of hydrogen-bond donors (Lipinski definition) is 1. The molecule has 3 heteroatoms. The zero-order valence-electron chi connectivity index (χ0n) is 9.85. The van der Waals surface area contributed by atoms with Crippen molar-refractivity contribution in [3.63, 3.8) is 0 Å². The molecule has 1 aromatic rings. The Balaban J connectivity index is 2.92. The Hall–Kier alpha value is -1.90. The molecule has 1 N–H and O–H groups in total. The van der Waals surface area contributed by atoms with Crippen LogP contribution in [0.15, 0.2) is 36.9 Å². The number of carboxylic acid groups (broad SMARTS) is 1. The quantitative estimate of drug-likeness (QED) is 0.606. The molecule has 1 atom stereocenters. The molecular weight excluding hydrogens is 216 g/mol. The van der Waals surface area contributed by atoms with Crippen LogP contribution in [0.4, 0.5) is 0 Å². The minimum Gasteiger partial charge on any atom is -0.481 e. The number of ketones is 1. The summed E-state index contributed by atoms with van der Waals surface area (Å²) in [6.45, 7) is 5.40. The van der Waals surface area contributed by atoms with E-state index in [4.69, 9.17) is 5.11 Å². The maximum Gasteiger partial charge on any atom is 0.303 e. The van der Waals surface area contributed by atoms with Crippen LogP contribution in [0.5, 0.6) is 0 Å². The lowest BCUT2D eigenvalue weighted by atomic mass is 9.90. The molecule has 0 fully saturated rings. The highest BCUT2D eigenvalue weighted by atomic mass is 16.4. The number of allylic oxidation sites excluding steroid dienone is 1. The van der Waals surface area contributed by atoms with Crippen LogP contribution in [-0.2, 0) is 4.79 Å². The fraction of sp³-hybridized carbons (Fsp3) is 0.286. The summed E-state index contributed by atoms with van der Waals surface area (Å²) in [7, 11) is 0. The van der Waals surface area contributed by atoms with E-state index in [-0.39, 0.29) is 18.1 Å². The maximum absolute atomic E-state index is 11.6. The van der Waals surface area contributed by atoms with E-state index in [9.17, 15) is 9.59 Å².